The average molecular weight is 187 g/mol. The summed E-state index contributed by atoms with van der Waals surface area (Å²) in [6, 6.07) is 0. The number of unbranched alkanes of at least 4 members (excludes halogenated alkanes) is 1. The second kappa shape index (κ2) is 6.89. The van der Waals surface area contributed by atoms with Crippen molar-refractivity contribution in [2.75, 3.05) is 19.6 Å². The number of carboxylic acid groups (broad SMARTS) is 1. The minimum atomic E-state index is -0.699. The molecule has 13 heavy (non-hydrogen) atoms. The Labute approximate surface area is 80.7 Å². The van der Waals surface area contributed by atoms with Crippen LogP contribution in [0.25, 0.3) is 0 Å². The van der Waals surface area contributed by atoms with Crippen molar-refractivity contribution < 1.29 is 9.90 Å². The van der Waals surface area contributed by atoms with Crippen molar-refractivity contribution in [2.45, 2.75) is 33.6 Å². The van der Waals surface area contributed by atoms with Crippen LogP contribution in [0.15, 0.2) is 0 Å². The minimum absolute atomic E-state index is 0.253. The monoisotopic (exact) mass is 187 g/mol. The molecule has 0 amide bonds. The SMILES string of the molecule is CCCCN(CC)CC(C)C(=O)O. The summed E-state index contributed by atoms with van der Waals surface area (Å²) in [5.41, 5.74) is 0. The highest BCUT2D eigenvalue weighted by Crippen LogP contribution is 2.01. The molecular weight excluding hydrogens is 166 g/mol. The first kappa shape index (κ1) is 12.4. The van der Waals surface area contributed by atoms with Crippen LogP contribution < -0.4 is 0 Å². The highest BCUT2D eigenvalue weighted by molar-refractivity contribution is 5.69. The predicted molar refractivity (Wildman–Crippen MR) is 53.8 cm³/mol. The third kappa shape index (κ3) is 5.64. The van der Waals surface area contributed by atoms with E-state index in [1.807, 2.05) is 0 Å². The smallest absolute Gasteiger partial charge is 0.307 e. The predicted octanol–water partition coefficient (Wildman–Crippen LogP) is 1.83. The van der Waals surface area contributed by atoms with Gasteiger partial charge in [-0.15, -0.1) is 0 Å². The summed E-state index contributed by atoms with van der Waals surface area (Å²) in [6.45, 7) is 8.61. The van der Waals surface area contributed by atoms with E-state index in [1.54, 1.807) is 6.92 Å². The molecule has 0 aliphatic heterocycles. The fraction of sp³-hybridized carbons (Fsp3) is 0.900. The standard InChI is InChI=1S/C10H21NO2/c1-4-6-7-11(5-2)8-9(3)10(12)13/h9H,4-8H2,1-3H3,(H,12,13). The van der Waals surface area contributed by atoms with E-state index < -0.39 is 5.97 Å². The lowest BCUT2D eigenvalue weighted by Gasteiger charge is -2.21. The number of aliphatic carboxylic acids is 1. The molecule has 0 aromatic heterocycles. The summed E-state index contributed by atoms with van der Waals surface area (Å²) in [6.07, 6.45) is 2.32. The van der Waals surface area contributed by atoms with Crippen molar-refractivity contribution in [3.8, 4) is 0 Å². The molecule has 0 saturated carbocycles. The average Bonchev–Trinajstić information content (AvgIpc) is 2.11. The maximum Gasteiger partial charge on any atom is 0.307 e. The third-order valence-electron chi connectivity index (χ3n) is 2.23. The highest BCUT2D eigenvalue weighted by Gasteiger charge is 2.14. The zero-order valence-corrected chi connectivity index (χ0v) is 8.92. The molecule has 0 fully saturated rings. The Hall–Kier alpha value is -0.570. The van der Waals surface area contributed by atoms with Gasteiger partial charge in [0, 0.05) is 6.54 Å². The molecule has 3 heteroatoms. The van der Waals surface area contributed by atoms with Gasteiger partial charge in [0.2, 0.25) is 0 Å². The molecule has 0 aromatic rings. The van der Waals surface area contributed by atoms with Crippen LogP contribution in [0.3, 0.4) is 0 Å². The topological polar surface area (TPSA) is 40.5 Å². The van der Waals surface area contributed by atoms with Crippen molar-refractivity contribution in [3.63, 3.8) is 0 Å². The summed E-state index contributed by atoms with van der Waals surface area (Å²) >= 11 is 0. The van der Waals surface area contributed by atoms with Gasteiger partial charge in [-0.2, -0.15) is 0 Å². The first-order valence-electron chi connectivity index (χ1n) is 5.06. The molecule has 3 nitrogen and oxygen atoms in total. The Morgan fingerprint density at radius 2 is 2.08 bits per heavy atom. The van der Waals surface area contributed by atoms with Crippen molar-refractivity contribution in [3.05, 3.63) is 0 Å². The van der Waals surface area contributed by atoms with E-state index >= 15 is 0 Å². The van der Waals surface area contributed by atoms with Crippen molar-refractivity contribution in [1.82, 2.24) is 4.90 Å². The molecule has 0 heterocycles. The first-order valence-corrected chi connectivity index (χ1v) is 5.06. The van der Waals surface area contributed by atoms with Crippen LogP contribution in [0.5, 0.6) is 0 Å². The van der Waals surface area contributed by atoms with E-state index in [0.717, 1.165) is 25.9 Å². The van der Waals surface area contributed by atoms with Gasteiger partial charge >= 0.3 is 5.97 Å². The Kier molecular flexibility index (Phi) is 6.59. The quantitative estimate of drug-likeness (QED) is 0.661. The lowest BCUT2D eigenvalue weighted by Crippen LogP contribution is -2.32. The third-order valence-corrected chi connectivity index (χ3v) is 2.23. The van der Waals surface area contributed by atoms with Gasteiger partial charge in [-0.3, -0.25) is 4.79 Å². The van der Waals surface area contributed by atoms with E-state index in [1.165, 1.54) is 0 Å². The van der Waals surface area contributed by atoms with Crippen LogP contribution in [0.2, 0.25) is 0 Å². The first-order chi connectivity index (χ1) is 6.11. The van der Waals surface area contributed by atoms with Gasteiger partial charge in [-0.25, -0.2) is 0 Å². The van der Waals surface area contributed by atoms with Crippen LogP contribution in [-0.4, -0.2) is 35.6 Å². The number of carboxylic acids is 1. The lowest BCUT2D eigenvalue weighted by atomic mass is 10.1. The van der Waals surface area contributed by atoms with Gasteiger partial charge in [0.1, 0.15) is 0 Å². The Balaban J connectivity index is 3.75. The molecule has 0 saturated heterocycles. The molecular formula is C10H21NO2. The number of rotatable bonds is 7. The van der Waals surface area contributed by atoms with Gasteiger partial charge in [0.15, 0.2) is 0 Å². The fourth-order valence-electron chi connectivity index (χ4n) is 1.23. The summed E-state index contributed by atoms with van der Waals surface area (Å²) < 4.78 is 0. The molecule has 0 aliphatic carbocycles. The minimum Gasteiger partial charge on any atom is -0.481 e. The van der Waals surface area contributed by atoms with E-state index in [0.29, 0.717) is 6.54 Å². The number of hydrogen-bond donors (Lipinski definition) is 1. The molecule has 0 radical (unpaired) electrons. The second-order valence-corrected chi connectivity index (χ2v) is 3.49. The molecule has 0 rings (SSSR count). The van der Waals surface area contributed by atoms with E-state index in [4.69, 9.17) is 5.11 Å². The summed E-state index contributed by atoms with van der Waals surface area (Å²) in [5.74, 6) is -0.952. The van der Waals surface area contributed by atoms with Crippen molar-refractivity contribution >= 4 is 5.97 Å². The van der Waals surface area contributed by atoms with E-state index in [9.17, 15) is 4.79 Å². The fourth-order valence-corrected chi connectivity index (χ4v) is 1.23. The van der Waals surface area contributed by atoms with Crippen molar-refractivity contribution in [1.29, 1.82) is 0 Å². The van der Waals surface area contributed by atoms with Gasteiger partial charge in [0.05, 0.1) is 5.92 Å². The van der Waals surface area contributed by atoms with Crippen LogP contribution >= 0.6 is 0 Å². The zero-order valence-electron chi connectivity index (χ0n) is 8.92. The molecule has 1 atom stereocenters. The Morgan fingerprint density at radius 1 is 1.46 bits per heavy atom. The molecule has 0 aromatic carbocycles. The number of hydrogen-bond acceptors (Lipinski definition) is 2. The number of nitrogens with zero attached hydrogens (tertiary/aromatic N) is 1. The van der Waals surface area contributed by atoms with E-state index in [-0.39, 0.29) is 5.92 Å². The number of carbonyl (C=O) groups is 1. The van der Waals surface area contributed by atoms with Gasteiger partial charge in [-0.1, -0.05) is 27.2 Å². The normalized spacial score (nSPS) is 13.2. The maximum absolute atomic E-state index is 10.6. The van der Waals surface area contributed by atoms with Crippen LogP contribution in [0.4, 0.5) is 0 Å². The van der Waals surface area contributed by atoms with Gasteiger partial charge in [0.25, 0.3) is 0 Å². The summed E-state index contributed by atoms with van der Waals surface area (Å²) in [7, 11) is 0. The summed E-state index contributed by atoms with van der Waals surface area (Å²) in [5, 5.41) is 8.73. The van der Waals surface area contributed by atoms with Gasteiger partial charge in [-0.05, 0) is 19.5 Å². The molecule has 0 bridgehead atoms. The van der Waals surface area contributed by atoms with Crippen LogP contribution in [-0.2, 0) is 4.79 Å². The zero-order chi connectivity index (χ0) is 10.3. The van der Waals surface area contributed by atoms with Crippen molar-refractivity contribution in [2.24, 2.45) is 5.92 Å². The van der Waals surface area contributed by atoms with E-state index in [2.05, 4.69) is 18.7 Å². The molecule has 0 aliphatic rings. The molecule has 1 unspecified atom stereocenters. The molecule has 1 N–H and O–H groups in total. The second-order valence-electron chi connectivity index (χ2n) is 3.49. The highest BCUT2D eigenvalue weighted by atomic mass is 16.4. The summed E-state index contributed by atoms with van der Waals surface area (Å²) in [4.78, 5) is 12.8. The maximum atomic E-state index is 10.6. The lowest BCUT2D eigenvalue weighted by molar-refractivity contribution is -0.141. The molecule has 0 spiro atoms. The van der Waals surface area contributed by atoms with Crippen LogP contribution in [0.1, 0.15) is 33.6 Å². The van der Waals surface area contributed by atoms with Gasteiger partial charge < -0.3 is 10.0 Å². The largest absolute Gasteiger partial charge is 0.481 e. The molecule has 78 valence electrons. The Bertz CT molecular complexity index is 148. The van der Waals surface area contributed by atoms with Crippen LogP contribution in [0, 0.1) is 5.92 Å². The Morgan fingerprint density at radius 3 is 2.46 bits per heavy atom.